The van der Waals surface area contributed by atoms with Crippen molar-refractivity contribution in [3.63, 3.8) is 0 Å². The van der Waals surface area contributed by atoms with E-state index in [2.05, 4.69) is 12.1 Å². The molecule has 0 saturated carbocycles. The topological polar surface area (TPSA) is 52.3 Å². The first-order valence-electron chi connectivity index (χ1n) is 6.86. The number of hydrogen-bond donors (Lipinski definition) is 1. The third-order valence-corrected chi connectivity index (χ3v) is 3.68. The Balaban J connectivity index is 1.64. The highest BCUT2D eigenvalue weighted by Gasteiger charge is 2.12. The molecular formula is C17H17NO2. The minimum absolute atomic E-state index is 0.314. The first kappa shape index (κ1) is 12.7. The van der Waals surface area contributed by atoms with Crippen LogP contribution in [0.1, 0.15) is 33.5 Å². The molecule has 20 heavy (non-hydrogen) atoms. The molecule has 0 heterocycles. The number of esters is 1. The number of aryl methyl sites for hydroxylation is 2. The highest BCUT2D eigenvalue weighted by atomic mass is 16.5. The average Bonchev–Trinajstić information content (AvgIpc) is 2.93. The van der Waals surface area contributed by atoms with E-state index >= 15 is 0 Å². The van der Waals surface area contributed by atoms with E-state index in [0.29, 0.717) is 17.9 Å². The summed E-state index contributed by atoms with van der Waals surface area (Å²) in [5.74, 6) is -0.314. The summed E-state index contributed by atoms with van der Waals surface area (Å²) in [4.78, 5) is 11.9. The predicted molar refractivity (Wildman–Crippen MR) is 78.4 cm³/mol. The van der Waals surface area contributed by atoms with Gasteiger partial charge in [-0.05, 0) is 60.2 Å². The van der Waals surface area contributed by atoms with Crippen molar-refractivity contribution in [3.8, 4) is 0 Å². The maximum absolute atomic E-state index is 11.9. The molecule has 0 saturated heterocycles. The largest absolute Gasteiger partial charge is 0.457 e. The summed E-state index contributed by atoms with van der Waals surface area (Å²) in [5, 5.41) is 0. The third kappa shape index (κ3) is 2.67. The number of rotatable bonds is 3. The third-order valence-electron chi connectivity index (χ3n) is 3.68. The Labute approximate surface area is 118 Å². The number of nitrogens with two attached hydrogens (primary N) is 1. The van der Waals surface area contributed by atoms with Crippen LogP contribution in [0, 0.1) is 0 Å². The normalized spacial score (nSPS) is 13.0. The number of carbonyl (C=O) groups is 1. The lowest BCUT2D eigenvalue weighted by molar-refractivity contribution is 0.0472. The Morgan fingerprint density at radius 3 is 2.60 bits per heavy atom. The molecule has 2 N–H and O–H groups in total. The number of ether oxygens (including phenoxy) is 1. The van der Waals surface area contributed by atoms with E-state index in [-0.39, 0.29) is 5.97 Å². The Hall–Kier alpha value is -2.29. The second-order valence-electron chi connectivity index (χ2n) is 5.15. The van der Waals surface area contributed by atoms with E-state index in [0.717, 1.165) is 12.0 Å². The molecule has 2 aromatic carbocycles. The van der Waals surface area contributed by atoms with Crippen molar-refractivity contribution >= 4 is 11.7 Å². The van der Waals surface area contributed by atoms with Crippen LogP contribution in [0.3, 0.4) is 0 Å². The van der Waals surface area contributed by atoms with Gasteiger partial charge < -0.3 is 10.5 Å². The van der Waals surface area contributed by atoms with Gasteiger partial charge in [0.25, 0.3) is 0 Å². The van der Waals surface area contributed by atoms with Gasteiger partial charge in [-0.3, -0.25) is 0 Å². The molecular weight excluding hydrogens is 250 g/mol. The SMILES string of the molecule is Nc1ccc(C(=O)OCc2ccc3c(c2)CCC3)cc1. The van der Waals surface area contributed by atoms with Gasteiger partial charge in [0.05, 0.1) is 5.56 Å². The zero-order valence-electron chi connectivity index (χ0n) is 11.3. The number of nitrogen functional groups attached to an aromatic ring is 1. The van der Waals surface area contributed by atoms with Gasteiger partial charge in [0, 0.05) is 5.69 Å². The van der Waals surface area contributed by atoms with Crippen LogP contribution in [0.15, 0.2) is 42.5 Å². The Bertz CT molecular complexity index is 632. The zero-order chi connectivity index (χ0) is 13.9. The molecule has 0 amide bonds. The second kappa shape index (κ2) is 5.37. The van der Waals surface area contributed by atoms with Crippen LogP contribution in [0.25, 0.3) is 0 Å². The standard InChI is InChI=1S/C17H17NO2/c18-16-8-6-14(7-9-16)17(19)20-11-12-4-5-13-2-1-3-15(13)10-12/h4-10H,1-3,11,18H2. The van der Waals surface area contributed by atoms with E-state index in [1.807, 2.05) is 6.07 Å². The van der Waals surface area contributed by atoms with Crippen LogP contribution in [0.2, 0.25) is 0 Å². The fraction of sp³-hybridized carbons (Fsp3) is 0.235. The molecule has 0 unspecified atom stereocenters. The first-order chi connectivity index (χ1) is 9.72. The Morgan fingerprint density at radius 2 is 1.80 bits per heavy atom. The van der Waals surface area contributed by atoms with E-state index in [1.54, 1.807) is 24.3 Å². The summed E-state index contributed by atoms with van der Waals surface area (Å²) < 4.78 is 5.33. The summed E-state index contributed by atoms with van der Waals surface area (Å²) in [7, 11) is 0. The van der Waals surface area contributed by atoms with E-state index in [9.17, 15) is 4.79 Å². The summed E-state index contributed by atoms with van der Waals surface area (Å²) in [5.41, 5.74) is 10.6. The molecule has 0 atom stereocenters. The van der Waals surface area contributed by atoms with Crippen molar-refractivity contribution in [1.29, 1.82) is 0 Å². The van der Waals surface area contributed by atoms with Crippen LogP contribution in [0.5, 0.6) is 0 Å². The van der Waals surface area contributed by atoms with Crippen molar-refractivity contribution in [2.24, 2.45) is 0 Å². The second-order valence-corrected chi connectivity index (χ2v) is 5.15. The lowest BCUT2D eigenvalue weighted by Gasteiger charge is -2.07. The average molecular weight is 267 g/mol. The smallest absolute Gasteiger partial charge is 0.338 e. The summed E-state index contributed by atoms with van der Waals surface area (Å²) in [6.45, 7) is 0.316. The Morgan fingerprint density at radius 1 is 1.05 bits per heavy atom. The number of benzene rings is 2. The minimum atomic E-state index is -0.314. The molecule has 0 radical (unpaired) electrons. The molecule has 0 aliphatic heterocycles. The molecule has 2 aromatic rings. The molecule has 3 heteroatoms. The predicted octanol–water partition coefficient (Wildman–Crippen LogP) is 3.11. The van der Waals surface area contributed by atoms with Crippen molar-refractivity contribution < 1.29 is 9.53 Å². The molecule has 3 rings (SSSR count). The highest BCUT2D eigenvalue weighted by Crippen LogP contribution is 2.23. The number of hydrogen-bond acceptors (Lipinski definition) is 3. The molecule has 1 aliphatic rings. The molecule has 0 bridgehead atoms. The molecule has 0 fully saturated rings. The fourth-order valence-electron chi connectivity index (χ4n) is 2.57. The van der Waals surface area contributed by atoms with Crippen LogP contribution >= 0.6 is 0 Å². The molecule has 0 aromatic heterocycles. The van der Waals surface area contributed by atoms with Gasteiger partial charge in [0.15, 0.2) is 0 Å². The van der Waals surface area contributed by atoms with Crippen molar-refractivity contribution in [2.45, 2.75) is 25.9 Å². The minimum Gasteiger partial charge on any atom is -0.457 e. The fourth-order valence-corrected chi connectivity index (χ4v) is 2.57. The lowest BCUT2D eigenvalue weighted by Crippen LogP contribution is -2.05. The Kier molecular flexibility index (Phi) is 3.42. The molecule has 0 spiro atoms. The van der Waals surface area contributed by atoms with Gasteiger partial charge in [-0.2, -0.15) is 0 Å². The molecule has 1 aliphatic carbocycles. The van der Waals surface area contributed by atoms with Gasteiger partial charge in [-0.1, -0.05) is 18.2 Å². The van der Waals surface area contributed by atoms with Crippen molar-refractivity contribution in [2.75, 3.05) is 5.73 Å². The quantitative estimate of drug-likeness (QED) is 0.686. The van der Waals surface area contributed by atoms with Crippen molar-refractivity contribution in [3.05, 3.63) is 64.7 Å². The maximum atomic E-state index is 11.9. The number of fused-ring (bicyclic) bond motifs is 1. The lowest BCUT2D eigenvalue weighted by atomic mass is 10.1. The van der Waals surface area contributed by atoms with Crippen LogP contribution in [-0.4, -0.2) is 5.97 Å². The highest BCUT2D eigenvalue weighted by molar-refractivity contribution is 5.89. The van der Waals surface area contributed by atoms with Gasteiger partial charge in [0.1, 0.15) is 6.61 Å². The summed E-state index contributed by atoms with van der Waals surface area (Å²) >= 11 is 0. The van der Waals surface area contributed by atoms with E-state index in [4.69, 9.17) is 10.5 Å². The van der Waals surface area contributed by atoms with Gasteiger partial charge >= 0.3 is 5.97 Å². The van der Waals surface area contributed by atoms with Crippen LogP contribution in [-0.2, 0) is 24.2 Å². The van der Waals surface area contributed by atoms with Crippen LogP contribution in [0.4, 0.5) is 5.69 Å². The van der Waals surface area contributed by atoms with Gasteiger partial charge in [-0.25, -0.2) is 4.79 Å². The van der Waals surface area contributed by atoms with E-state index < -0.39 is 0 Å². The molecule has 3 nitrogen and oxygen atoms in total. The van der Waals surface area contributed by atoms with Gasteiger partial charge in [-0.15, -0.1) is 0 Å². The zero-order valence-corrected chi connectivity index (χ0v) is 11.3. The van der Waals surface area contributed by atoms with Crippen molar-refractivity contribution in [1.82, 2.24) is 0 Å². The summed E-state index contributed by atoms with van der Waals surface area (Å²) in [6, 6.07) is 13.1. The summed E-state index contributed by atoms with van der Waals surface area (Å²) in [6.07, 6.45) is 3.53. The number of anilines is 1. The number of carbonyl (C=O) groups excluding carboxylic acids is 1. The first-order valence-corrected chi connectivity index (χ1v) is 6.86. The molecule has 102 valence electrons. The monoisotopic (exact) mass is 267 g/mol. The maximum Gasteiger partial charge on any atom is 0.338 e. The van der Waals surface area contributed by atoms with Crippen LogP contribution < -0.4 is 5.73 Å². The van der Waals surface area contributed by atoms with E-state index in [1.165, 1.54) is 24.0 Å². The van der Waals surface area contributed by atoms with Gasteiger partial charge in [0.2, 0.25) is 0 Å².